The number of nitrogens with zero attached hydrogens (tertiary/aromatic N) is 2. The van der Waals surface area contributed by atoms with Crippen molar-refractivity contribution < 1.29 is 4.74 Å². The lowest BCUT2D eigenvalue weighted by Crippen LogP contribution is -2.32. The first-order chi connectivity index (χ1) is 9.99. The molecule has 1 N–H and O–H groups in total. The molecule has 1 aliphatic rings. The number of rotatable bonds is 6. The molecule has 0 saturated heterocycles. The summed E-state index contributed by atoms with van der Waals surface area (Å²) in [7, 11) is 1.74. The highest BCUT2D eigenvalue weighted by Gasteiger charge is 2.23. The Morgan fingerprint density at radius 3 is 2.71 bits per heavy atom. The van der Waals surface area contributed by atoms with Crippen molar-refractivity contribution in [3.05, 3.63) is 22.8 Å². The van der Waals surface area contributed by atoms with E-state index in [1.165, 1.54) is 17.7 Å². The van der Waals surface area contributed by atoms with E-state index in [4.69, 9.17) is 14.7 Å². The molecule has 1 aromatic rings. The molecule has 0 amide bonds. The monoisotopic (exact) mass is 291 g/mol. The quantitative estimate of drug-likeness (QED) is 0.874. The van der Waals surface area contributed by atoms with Crippen LogP contribution in [0.3, 0.4) is 0 Å². The van der Waals surface area contributed by atoms with Crippen molar-refractivity contribution in [2.45, 2.75) is 65.5 Å². The number of methoxy groups -OCH3 is 1. The van der Waals surface area contributed by atoms with E-state index in [1.807, 2.05) is 0 Å². The number of ether oxygens (including phenoxy) is 1. The zero-order chi connectivity index (χ0) is 15.4. The summed E-state index contributed by atoms with van der Waals surface area (Å²) in [6.45, 7) is 9.69. The number of aromatic nitrogens is 2. The average molecular weight is 291 g/mol. The molecular weight excluding hydrogens is 262 g/mol. The maximum atomic E-state index is 5.32. The van der Waals surface area contributed by atoms with Gasteiger partial charge in [-0.3, -0.25) is 0 Å². The lowest BCUT2D eigenvalue weighted by Gasteiger charge is -2.26. The normalized spacial score (nSPS) is 19.6. The van der Waals surface area contributed by atoms with Crippen LogP contribution in [0.4, 0.5) is 0 Å². The van der Waals surface area contributed by atoms with Gasteiger partial charge in [0.15, 0.2) is 0 Å². The number of hydrogen-bond donors (Lipinski definition) is 1. The van der Waals surface area contributed by atoms with Crippen LogP contribution < -0.4 is 5.32 Å². The molecule has 0 radical (unpaired) electrons. The molecule has 1 heterocycles. The number of fused-ring (bicyclic) bond motifs is 1. The van der Waals surface area contributed by atoms with Gasteiger partial charge in [0.05, 0.1) is 6.10 Å². The van der Waals surface area contributed by atoms with Crippen molar-refractivity contribution in [2.24, 2.45) is 5.92 Å². The van der Waals surface area contributed by atoms with Crippen LogP contribution in [0.1, 0.15) is 50.0 Å². The molecule has 2 rings (SSSR count). The Bertz CT molecular complexity index is 473. The van der Waals surface area contributed by atoms with E-state index < -0.39 is 0 Å². The summed E-state index contributed by atoms with van der Waals surface area (Å²) in [6.07, 6.45) is 4.39. The predicted molar refractivity (Wildman–Crippen MR) is 85.6 cm³/mol. The third-order valence-corrected chi connectivity index (χ3v) is 4.32. The maximum Gasteiger partial charge on any atom is 0.131 e. The van der Waals surface area contributed by atoms with Crippen molar-refractivity contribution in [1.82, 2.24) is 15.3 Å². The number of nitrogens with one attached hydrogen (secondary N) is 1. The Morgan fingerprint density at radius 2 is 2.05 bits per heavy atom. The summed E-state index contributed by atoms with van der Waals surface area (Å²) < 4.78 is 5.32. The Labute approximate surface area is 128 Å². The Hall–Kier alpha value is -1.00. The minimum Gasteiger partial charge on any atom is -0.381 e. The van der Waals surface area contributed by atoms with Gasteiger partial charge in [-0.1, -0.05) is 13.8 Å². The van der Waals surface area contributed by atoms with Crippen LogP contribution in [-0.2, 0) is 24.0 Å². The van der Waals surface area contributed by atoms with Gasteiger partial charge in [0.25, 0.3) is 0 Å². The van der Waals surface area contributed by atoms with Crippen LogP contribution in [0.25, 0.3) is 0 Å². The highest BCUT2D eigenvalue weighted by molar-refractivity contribution is 5.28. The molecule has 2 atom stereocenters. The zero-order valence-corrected chi connectivity index (χ0v) is 14.1. The largest absolute Gasteiger partial charge is 0.381 e. The summed E-state index contributed by atoms with van der Waals surface area (Å²) in [4.78, 5) is 9.47. The van der Waals surface area contributed by atoms with Crippen molar-refractivity contribution in [3.8, 4) is 0 Å². The lowest BCUT2D eigenvalue weighted by molar-refractivity contribution is 0.117. The second-order valence-corrected chi connectivity index (χ2v) is 6.57. The van der Waals surface area contributed by atoms with Gasteiger partial charge in [-0.2, -0.15) is 0 Å². The molecule has 118 valence electrons. The van der Waals surface area contributed by atoms with Crippen molar-refractivity contribution in [2.75, 3.05) is 13.7 Å². The second-order valence-electron chi connectivity index (χ2n) is 6.57. The molecule has 0 fully saturated rings. The fourth-order valence-electron chi connectivity index (χ4n) is 2.93. The molecule has 0 spiro atoms. The summed E-state index contributed by atoms with van der Waals surface area (Å²) >= 11 is 0. The van der Waals surface area contributed by atoms with E-state index >= 15 is 0 Å². The molecular formula is C17H29N3O. The van der Waals surface area contributed by atoms with Crippen LogP contribution in [0.15, 0.2) is 0 Å². The van der Waals surface area contributed by atoms with Crippen LogP contribution >= 0.6 is 0 Å². The molecule has 4 heteroatoms. The van der Waals surface area contributed by atoms with Gasteiger partial charge in [0, 0.05) is 31.0 Å². The van der Waals surface area contributed by atoms with Crippen molar-refractivity contribution in [1.29, 1.82) is 0 Å². The second kappa shape index (κ2) is 7.32. The van der Waals surface area contributed by atoms with Crippen LogP contribution in [0.2, 0.25) is 0 Å². The fourth-order valence-corrected chi connectivity index (χ4v) is 2.93. The van der Waals surface area contributed by atoms with Gasteiger partial charge >= 0.3 is 0 Å². The van der Waals surface area contributed by atoms with E-state index in [9.17, 15) is 0 Å². The molecule has 21 heavy (non-hydrogen) atoms. The minimum absolute atomic E-state index is 0.175. The third kappa shape index (κ3) is 4.48. The predicted octanol–water partition coefficient (Wildman–Crippen LogP) is 2.47. The summed E-state index contributed by atoms with van der Waals surface area (Å²) in [6, 6.07) is 0.557. The molecule has 0 saturated carbocycles. The molecule has 0 bridgehead atoms. The lowest BCUT2D eigenvalue weighted by atomic mass is 9.85. The Kier molecular flexibility index (Phi) is 5.71. The van der Waals surface area contributed by atoms with Gasteiger partial charge in [0.2, 0.25) is 0 Å². The van der Waals surface area contributed by atoms with E-state index in [2.05, 4.69) is 33.0 Å². The Morgan fingerprint density at radius 1 is 1.29 bits per heavy atom. The van der Waals surface area contributed by atoms with E-state index in [-0.39, 0.29) is 6.10 Å². The fraction of sp³-hybridized carbons (Fsp3) is 0.765. The van der Waals surface area contributed by atoms with Gasteiger partial charge in [-0.15, -0.1) is 0 Å². The smallest absolute Gasteiger partial charge is 0.131 e. The van der Waals surface area contributed by atoms with E-state index in [0.717, 1.165) is 37.3 Å². The molecule has 0 aliphatic heterocycles. The van der Waals surface area contributed by atoms with E-state index in [1.54, 1.807) is 7.11 Å². The van der Waals surface area contributed by atoms with Crippen LogP contribution in [0.5, 0.6) is 0 Å². The third-order valence-electron chi connectivity index (χ3n) is 4.32. The van der Waals surface area contributed by atoms with Gasteiger partial charge in [-0.05, 0) is 51.1 Å². The molecule has 1 aromatic heterocycles. The van der Waals surface area contributed by atoms with Crippen LogP contribution in [-0.4, -0.2) is 35.8 Å². The van der Waals surface area contributed by atoms with Gasteiger partial charge < -0.3 is 10.1 Å². The summed E-state index contributed by atoms with van der Waals surface area (Å²) in [5.41, 5.74) is 3.81. The van der Waals surface area contributed by atoms with Crippen molar-refractivity contribution >= 4 is 0 Å². The highest BCUT2D eigenvalue weighted by Crippen LogP contribution is 2.26. The zero-order valence-electron chi connectivity index (χ0n) is 14.1. The molecule has 2 unspecified atom stereocenters. The number of aryl methyl sites for hydroxylation is 2. The van der Waals surface area contributed by atoms with Gasteiger partial charge in [0.1, 0.15) is 5.82 Å². The maximum absolute atomic E-state index is 5.32. The van der Waals surface area contributed by atoms with Crippen LogP contribution in [0, 0.1) is 12.8 Å². The number of hydrogen-bond acceptors (Lipinski definition) is 4. The topological polar surface area (TPSA) is 47.0 Å². The summed E-state index contributed by atoms with van der Waals surface area (Å²) in [5, 5.41) is 3.55. The molecule has 0 aromatic carbocycles. The average Bonchev–Trinajstić information content (AvgIpc) is 2.45. The first kappa shape index (κ1) is 16.4. The van der Waals surface area contributed by atoms with Crippen molar-refractivity contribution in [3.63, 3.8) is 0 Å². The standard InChI is InChI=1S/C17H29N3O/c1-11(2)18-10-14-6-7-16-15(9-14)13(4)19-17(20-16)8-12(3)21-5/h11-12,14,18H,6-10H2,1-5H3. The molecule has 1 aliphatic carbocycles. The molecule has 4 nitrogen and oxygen atoms in total. The first-order valence-electron chi connectivity index (χ1n) is 8.11. The highest BCUT2D eigenvalue weighted by atomic mass is 16.5. The Balaban J connectivity index is 2.07. The van der Waals surface area contributed by atoms with Gasteiger partial charge in [-0.25, -0.2) is 9.97 Å². The summed E-state index contributed by atoms with van der Waals surface area (Å²) in [5.74, 6) is 1.64. The minimum atomic E-state index is 0.175. The SMILES string of the molecule is COC(C)Cc1nc(C)c2c(n1)CCC(CNC(C)C)C2. The van der Waals surface area contributed by atoms with E-state index in [0.29, 0.717) is 12.0 Å². The first-order valence-corrected chi connectivity index (χ1v) is 8.11.